The number of hydrogen-bond donors (Lipinski definition) is 3. The number of urea groups is 1. The minimum Gasteiger partial charge on any atom is -0.351 e. The van der Waals surface area contributed by atoms with Gasteiger partial charge in [0.2, 0.25) is 5.91 Å². The summed E-state index contributed by atoms with van der Waals surface area (Å²) in [5.41, 5.74) is 6.68. The van der Waals surface area contributed by atoms with Gasteiger partial charge in [0.15, 0.2) is 0 Å². The molecule has 4 N–H and O–H groups in total. The van der Waals surface area contributed by atoms with Gasteiger partial charge in [0, 0.05) is 30.2 Å². The van der Waals surface area contributed by atoms with Crippen LogP contribution >= 0.6 is 11.6 Å². The highest BCUT2D eigenvalue weighted by atomic mass is 35.5. The van der Waals surface area contributed by atoms with E-state index in [0.717, 1.165) is 0 Å². The molecule has 0 aliphatic carbocycles. The summed E-state index contributed by atoms with van der Waals surface area (Å²) in [7, 11) is 0. The summed E-state index contributed by atoms with van der Waals surface area (Å²) in [4.78, 5) is 39.2. The zero-order valence-corrected chi connectivity index (χ0v) is 18.6. The van der Waals surface area contributed by atoms with E-state index in [0.29, 0.717) is 29.6 Å². The molecule has 0 radical (unpaired) electrons. The van der Waals surface area contributed by atoms with E-state index in [4.69, 9.17) is 17.3 Å². The standard InChI is InChI=1S/C23H23ClFN5O3/c1-13-9-19(21(31)27-10-14-5-4-7-16(24)20(14)25)30(11-13)23(33)28-17-12-29(22(26)32)18-8-3-2-6-15(17)18/h2-8,12-13,19H,9-11H2,1H3,(H2,26,32)(H,27,31)(H,28,33)/t13-,19-/m0/s1. The molecule has 4 rings (SSSR count). The smallest absolute Gasteiger partial charge is 0.323 e. The summed E-state index contributed by atoms with van der Waals surface area (Å²) < 4.78 is 15.4. The molecule has 33 heavy (non-hydrogen) atoms. The van der Waals surface area contributed by atoms with Gasteiger partial charge in [-0.1, -0.05) is 48.9 Å². The lowest BCUT2D eigenvalue weighted by molar-refractivity contribution is -0.124. The Hall–Kier alpha value is -3.59. The SMILES string of the molecule is C[C@H]1C[C@@H](C(=O)NCc2cccc(Cl)c2F)N(C(=O)Nc2cn(C(N)=O)c3ccccc23)C1. The van der Waals surface area contributed by atoms with Crippen molar-refractivity contribution in [3.05, 3.63) is 65.1 Å². The Morgan fingerprint density at radius 2 is 1.94 bits per heavy atom. The summed E-state index contributed by atoms with van der Waals surface area (Å²) in [6.07, 6.45) is 1.93. The van der Waals surface area contributed by atoms with Crippen molar-refractivity contribution in [1.29, 1.82) is 0 Å². The van der Waals surface area contributed by atoms with Gasteiger partial charge in [0.1, 0.15) is 11.9 Å². The second kappa shape index (κ2) is 9.11. The van der Waals surface area contributed by atoms with Crippen molar-refractivity contribution in [2.24, 2.45) is 11.7 Å². The summed E-state index contributed by atoms with van der Waals surface area (Å²) in [5, 5.41) is 6.13. The van der Waals surface area contributed by atoms with Gasteiger partial charge in [-0.2, -0.15) is 0 Å². The topological polar surface area (TPSA) is 109 Å². The van der Waals surface area contributed by atoms with E-state index >= 15 is 0 Å². The third kappa shape index (κ3) is 4.49. The maximum Gasteiger partial charge on any atom is 0.323 e. The molecule has 2 atom stereocenters. The number of para-hydroxylation sites is 1. The number of halogens is 2. The predicted molar refractivity (Wildman–Crippen MR) is 123 cm³/mol. The highest BCUT2D eigenvalue weighted by molar-refractivity contribution is 6.30. The first-order valence-electron chi connectivity index (χ1n) is 10.4. The maximum atomic E-state index is 14.1. The van der Waals surface area contributed by atoms with E-state index in [1.54, 1.807) is 30.3 Å². The molecule has 172 valence electrons. The van der Waals surface area contributed by atoms with Gasteiger partial charge in [-0.3, -0.25) is 9.36 Å². The van der Waals surface area contributed by atoms with E-state index in [1.165, 1.54) is 27.8 Å². The molecule has 1 aromatic heterocycles. The van der Waals surface area contributed by atoms with Crippen molar-refractivity contribution in [2.75, 3.05) is 11.9 Å². The molecule has 3 aromatic rings. The molecule has 2 aromatic carbocycles. The van der Waals surface area contributed by atoms with Gasteiger partial charge in [0.05, 0.1) is 16.2 Å². The molecule has 4 amide bonds. The molecule has 1 aliphatic rings. The number of nitrogens with two attached hydrogens (primary N) is 1. The van der Waals surface area contributed by atoms with Crippen molar-refractivity contribution < 1.29 is 18.8 Å². The van der Waals surface area contributed by atoms with Crippen LogP contribution in [0.15, 0.2) is 48.7 Å². The van der Waals surface area contributed by atoms with Crippen molar-refractivity contribution >= 4 is 46.2 Å². The number of nitrogens with zero attached hydrogens (tertiary/aromatic N) is 2. The van der Waals surface area contributed by atoms with Crippen LogP contribution in [0.25, 0.3) is 10.9 Å². The first-order chi connectivity index (χ1) is 15.8. The van der Waals surface area contributed by atoms with Gasteiger partial charge < -0.3 is 21.3 Å². The molecular weight excluding hydrogens is 449 g/mol. The Bertz CT molecular complexity index is 1240. The van der Waals surface area contributed by atoms with Gasteiger partial charge >= 0.3 is 12.1 Å². The summed E-state index contributed by atoms with van der Waals surface area (Å²) in [6, 6.07) is 9.75. The number of likely N-dealkylation sites (tertiary alicyclic amines) is 1. The molecule has 1 aliphatic heterocycles. The van der Waals surface area contributed by atoms with Gasteiger partial charge in [-0.05, 0) is 24.5 Å². The lowest BCUT2D eigenvalue weighted by Crippen LogP contribution is -2.47. The summed E-state index contributed by atoms with van der Waals surface area (Å²) >= 11 is 5.80. The number of rotatable bonds is 4. The van der Waals surface area contributed by atoms with Crippen LogP contribution in [0.5, 0.6) is 0 Å². The Morgan fingerprint density at radius 3 is 2.70 bits per heavy atom. The number of fused-ring (bicyclic) bond motifs is 1. The van der Waals surface area contributed by atoms with E-state index in [2.05, 4.69) is 10.6 Å². The molecule has 2 heterocycles. The highest BCUT2D eigenvalue weighted by Crippen LogP contribution is 2.28. The molecule has 1 fully saturated rings. The summed E-state index contributed by atoms with van der Waals surface area (Å²) in [5.74, 6) is -0.866. The van der Waals surface area contributed by atoms with Crippen LogP contribution in [-0.2, 0) is 11.3 Å². The number of nitrogens with one attached hydrogen (secondary N) is 2. The Morgan fingerprint density at radius 1 is 1.18 bits per heavy atom. The number of anilines is 1. The van der Waals surface area contributed by atoms with Crippen LogP contribution in [-0.4, -0.2) is 40.0 Å². The number of benzene rings is 2. The summed E-state index contributed by atoms with van der Waals surface area (Å²) in [6.45, 7) is 2.28. The van der Waals surface area contributed by atoms with Crippen molar-refractivity contribution in [3.63, 3.8) is 0 Å². The molecule has 0 bridgehead atoms. The fourth-order valence-electron chi connectivity index (χ4n) is 4.15. The first kappa shape index (κ1) is 22.6. The zero-order valence-electron chi connectivity index (χ0n) is 17.8. The van der Waals surface area contributed by atoms with E-state index in [9.17, 15) is 18.8 Å². The Labute approximate surface area is 194 Å². The quantitative estimate of drug-likeness (QED) is 0.536. The fraction of sp³-hybridized carbons (Fsp3) is 0.261. The second-order valence-electron chi connectivity index (χ2n) is 8.14. The van der Waals surface area contributed by atoms with Crippen molar-refractivity contribution in [2.45, 2.75) is 25.9 Å². The maximum absolute atomic E-state index is 14.1. The van der Waals surface area contributed by atoms with Crippen molar-refractivity contribution in [1.82, 2.24) is 14.8 Å². The van der Waals surface area contributed by atoms with Crippen molar-refractivity contribution in [3.8, 4) is 0 Å². The highest BCUT2D eigenvalue weighted by Gasteiger charge is 2.38. The number of hydrogen-bond acceptors (Lipinski definition) is 3. The van der Waals surface area contributed by atoms with E-state index < -0.39 is 23.9 Å². The zero-order chi connectivity index (χ0) is 23.7. The third-order valence-electron chi connectivity index (χ3n) is 5.75. The molecule has 1 saturated heterocycles. The normalized spacial score (nSPS) is 17.8. The molecule has 0 spiro atoms. The molecule has 0 saturated carbocycles. The number of amides is 4. The van der Waals surface area contributed by atoms with Crippen LogP contribution in [0.2, 0.25) is 5.02 Å². The number of carbonyl (C=O) groups excluding carboxylic acids is 3. The molecular formula is C23H23ClFN5O3. The lowest BCUT2D eigenvalue weighted by atomic mass is 10.1. The first-order valence-corrected chi connectivity index (χ1v) is 10.8. The van der Waals surface area contributed by atoms with Crippen LogP contribution in [0.1, 0.15) is 18.9 Å². The van der Waals surface area contributed by atoms with Gasteiger partial charge in [-0.15, -0.1) is 0 Å². The predicted octanol–water partition coefficient (Wildman–Crippen LogP) is 3.92. The second-order valence-corrected chi connectivity index (χ2v) is 8.55. The van der Waals surface area contributed by atoms with Gasteiger partial charge in [0.25, 0.3) is 0 Å². The Balaban J connectivity index is 1.50. The van der Waals surface area contributed by atoms with E-state index in [1.807, 2.05) is 6.92 Å². The molecule has 10 heteroatoms. The number of carbonyl (C=O) groups is 3. The van der Waals surface area contributed by atoms with Crippen LogP contribution < -0.4 is 16.4 Å². The molecule has 8 nitrogen and oxygen atoms in total. The fourth-order valence-corrected chi connectivity index (χ4v) is 4.35. The Kier molecular flexibility index (Phi) is 6.24. The van der Waals surface area contributed by atoms with Gasteiger partial charge in [-0.25, -0.2) is 14.0 Å². The third-order valence-corrected chi connectivity index (χ3v) is 6.04. The average Bonchev–Trinajstić information content (AvgIpc) is 3.36. The van der Waals surface area contributed by atoms with E-state index in [-0.39, 0.29) is 29.0 Å². The van der Waals surface area contributed by atoms with Crippen LogP contribution in [0.3, 0.4) is 0 Å². The largest absolute Gasteiger partial charge is 0.351 e. The lowest BCUT2D eigenvalue weighted by Gasteiger charge is -2.24. The monoisotopic (exact) mass is 471 g/mol. The van der Waals surface area contributed by atoms with Crippen LogP contribution in [0, 0.1) is 11.7 Å². The van der Waals surface area contributed by atoms with Crippen LogP contribution in [0.4, 0.5) is 19.7 Å². The number of primary amides is 1. The number of aromatic nitrogens is 1. The minimum atomic E-state index is -0.716. The minimum absolute atomic E-state index is 0.0210. The average molecular weight is 472 g/mol. The molecule has 0 unspecified atom stereocenters.